The fraction of sp³-hybridized carbons (Fsp3) is 0.484. The Balaban J connectivity index is 1.23. The first-order valence-corrected chi connectivity index (χ1v) is 15.5. The highest BCUT2D eigenvalue weighted by Gasteiger charge is 2.12. The van der Waals surface area contributed by atoms with E-state index in [1.807, 2.05) is 24.3 Å². The van der Waals surface area contributed by atoms with E-state index in [4.69, 9.17) is 51.5 Å². The Morgan fingerprint density at radius 1 is 0.783 bits per heavy atom. The average Bonchev–Trinajstić information content (AvgIpc) is 3.04. The quantitative estimate of drug-likeness (QED) is 0.0665. The summed E-state index contributed by atoms with van der Waals surface area (Å²) in [4.78, 5) is 24.7. The van der Waals surface area contributed by atoms with E-state index in [9.17, 15) is 4.79 Å². The number of hydrogen-bond donors (Lipinski definition) is 4. The zero-order valence-corrected chi connectivity index (χ0v) is 26.9. The lowest BCUT2D eigenvalue weighted by Gasteiger charge is -2.11. The van der Waals surface area contributed by atoms with Crippen molar-refractivity contribution in [3.63, 3.8) is 0 Å². The number of ether oxygens (including phenoxy) is 6. The van der Waals surface area contributed by atoms with Crippen LogP contribution in [0.5, 0.6) is 5.75 Å². The maximum absolute atomic E-state index is 11.7. The number of rotatable bonds is 23. The molecule has 0 bridgehead atoms. The molecule has 1 heterocycles. The first-order chi connectivity index (χ1) is 22.5. The average molecular weight is 662 g/mol. The van der Waals surface area contributed by atoms with Gasteiger partial charge in [-0.25, -0.2) is 14.8 Å². The predicted octanol–water partition coefficient (Wildman–Crippen LogP) is 3.03. The fourth-order valence-corrected chi connectivity index (χ4v) is 4.14. The molecule has 252 valence electrons. The van der Waals surface area contributed by atoms with Crippen LogP contribution in [0.4, 0.5) is 10.7 Å². The second-order valence-corrected chi connectivity index (χ2v) is 10.1. The number of carbonyl (C=O) groups is 1. The summed E-state index contributed by atoms with van der Waals surface area (Å²) < 4.78 is 33.1. The minimum Gasteiger partial charge on any atom is -0.491 e. The van der Waals surface area contributed by atoms with Gasteiger partial charge < -0.3 is 50.5 Å². The third-order valence-electron chi connectivity index (χ3n) is 6.01. The number of nitrogens with one attached hydrogen (secondary N) is 2. The molecule has 46 heavy (non-hydrogen) atoms. The zero-order valence-electron chi connectivity index (χ0n) is 26.2. The number of nitrogens with zero attached hydrogens (tertiary/aromatic N) is 3. The molecule has 0 aliphatic rings. The van der Waals surface area contributed by atoms with Gasteiger partial charge in [-0.15, -0.1) is 0 Å². The normalized spacial score (nSPS) is 11.0. The highest BCUT2D eigenvalue weighted by atomic mass is 35.5. The molecule has 3 aromatic rings. The van der Waals surface area contributed by atoms with Crippen LogP contribution in [0, 0.1) is 0 Å². The Hall–Kier alpha value is -3.79. The van der Waals surface area contributed by atoms with Crippen LogP contribution in [0.15, 0.2) is 47.5 Å². The number of aliphatic imine (C=N–C) groups is 1. The van der Waals surface area contributed by atoms with Gasteiger partial charge in [-0.05, 0) is 36.8 Å². The van der Waals surface area contributed by atoms with Gasteiger partial charge in [0.25, 0.3) is 5.95 Å². The van der Waals surface area contributed by atoms with Crippen molar-refractivity contribution in [2.45, 2.75) is 13.3 Å². The number of benzene rings is 2. The molecule has 1 aromatic heterocycles. The second-order valence-electron chi connectivity index (χ2n) is 9.69. The van der Waals surface area contributed by atoms with E-state index in [1.54, 1.807) is 18.2 Å². The van der Waals surface area contributed by atoms with E-state index in [-0.39, 0.29) is 17.9 Å². The number of halogens is 1. The molecule has 2 amide bonds. The van der Waals surface area contributed by atoms with Crippen LogP contribution in [0.1, 0.15) is 13.3 Å². The summed E-state index contributed by atoms with van der Waals surface area (Å²) in [6.45, 7) is 7.93. The fourth-order valence-electron chi connectivity index (χ4n) is 3.97. The van der Waals surface area contributed by atoms with Gasteiger partial charge in [-0.1, -0.05) is 30.7 Å². The number of amides is 2. The maximum Gasteiger partial charge on any atom is 0.314 e. The third kappa shape index (κ3) is 14.5. The van der Waals surface area contributed by atoms with Gasteiger partial charge >= 0.3 is 6.03 Å². The Morgan fingerprint density at radius 3 is 2.02 bits per heavy atom. The number of hydrogen-bond acceptors (Lipinski definition) is 10. The topological polar surface area (TPSA) is 187 Å². The van der Waals surface area contributed by atoms with Crippen molar-refractivity contribution in [1.29, 1.82) is 0 Å². The lowest BCUT2D eigenvalue weighted by Crippen LogP contribution is -2.39. The summed E-state index contributed by atoms with van der Waals surface area (Å²) in [5.41, 5.74) is 13.2. The van der Waals surface area contributed by atoms with Crippen LogP contribution in [0.3, 0.4) is 0 Å². The molecular formula is C31H44ClN7O7. The predicted molar refractivity (Wildman–Crippen MR) is 177 cm³/mol. The molecular weight excluding hydrogens is 618 g/mol. The largest absolute Gasteiger partial charge is 0.491 e. The molecule has 0 radical (unpaired) electrons. The first kappa shape index (κ1) is 36.7. The van der Waals surface area contributed by atoms with Crippen molar-refractivity contribution >= 4 is 40.4 Å². The maximum atomic E-state index is 11.7. The summed E-state index contributed by atoms with van der Waals surface area (Å²) in [6.07, 6.45) is 0.984. The molecule has 0 spiro atoms. The molecule has 0 fully saturated rings. The van der Waals surface area contributed by atoms with Gasteiger partial charge in [-0.2, -0.15) is 4.99 Å². The Morgan fingerprint density at radius 2 is 1.39 bits per heavy atom. The van der Waals surface area contributed by atoms with Gasteiger partial charge in [0.05, 0.1) is 70.7 Å². The van der Waals surface area contributed by atoms with Gasteiger partial charge in [0.1, 0.15) is 12.4 Å². The van der Waals surface area contributed by atoms with Gasteiger partial charge in [0, 0.05) is 35.7 Å². The SMILES string of the molecule is CCCOCCOCCNC(=O)NCCOCCOCCOCCOc1cccc(-c2nc(N=C(N)N)nc3ccc(Cl)cc23)c1. The highest BCUT2D eigenvalue weighted by Crippen LogP contribution is 2.31. The number of carbonyl (C=O) groups excluding carboxylic acids is 1. The van der Waals surface area contributed by atoms with Crippen molar-refractivity contribution < 1.29 is 33.2 Å². The van der Waals surface area contributed by atoms with Gasteiger partial charge in [-0.3, -0.25) is 0 Å². The molecule has 14 nitrogen and oxygen atoms in total. The van der Waals surface area contributed by atoms with Crippen molar-refractivity contribution in [2.75, 3.05) is 85.8 Å². The monoisotopic (exact) mass is 661 g/mol. The van der Waals surface area contributed by atoms with Crippen molar-refractivity contribution in [3.8, 4) is 17.0 Å². The molecule has 0 saturated heterocycles. The molecule has 0 saturated carbocycles. The van der Waals surface area contributed by atoms with Crippen molar-refractivity contribution in [1.82, 2.24) is 20.6 Å². The number of fused-ring (bicyclic) bond motifs is 1. The Bertz CT molecular complexity index is 1360. The van der Waals surface area contributed by atoms with E-state index >= 15 is 0 Å². The molecule has 0 aliphatic carbocycles. The third-order valence-corrected chi connectivity index (χ3v) is 6.24. The van der Waals surface area contributed by atoms with Crippen LogP contribution in [0.2, 0.25) is 5.02 Å². The number of aromatic nitrogens is 2. The summed E-state index contributed by atoms with van der Waals surface area (Å²) in [6, 6.07) is 12.6. The summed E-state index contributed by atoms with van der Waals surface area (Å²) in [7, 11) is 0. The smallest absolute Gasteiger partial charge is 0.314 e. The van der Waals surface area contributed by atoms with E-state index in [0.29, 0.717) is 101 Å². The molecule has 0 atom stereocenters. The lowest BCUT2D eigenvalue weighted by molar-refractivity contribution is 0.0101. The molecule has 2 aromatic carbocycles. The first-order valence-electron chi connectivity index (χ1n) is 15.2. The molecule has 15 heteroatoms. The van der Waals surface area contributed by atoms with E-state index in [1.165, 1.54) is 0 Å². The summed E-state index contributed by atoms with van der Waals surface area (Å²) in [5, 5.41) is 6.76. The van der Waals surface area contributed by atoms with Crippen LogP contribution >= 0.6 is 11.6 Å². The van der Waals surface area contributed by atoms with E-state index in [0.717, 1.165) is 24.0 Å². The molecule has 0 aliphatic heterocycles. The van der Waals surface area contributed by atoms with Crippen LogP contribution in [-0.4, -0.2) is 108 Å². The number of urea groups is 1. The minimum atomic E-state index is -0.262. The van der Waals surface area contributed by atoms with Crippen LogP contribution < -0.4 is 26.8 Å². The van der Waals surface area contributed by atoms with E-state index < -0.39 is 0 Å². The van der Waals surface area contributed by atoms with Crippen LogP contribution in [-0.2, 0) is 23.7 Å². The zero-order chi connectivity index (χ0) is 32.8. The summed E-state index contributed by atoms with van der Waals surface area (Å²) in [5.74, 6) is 0.664. The number of guanidine groups is 1. The second kappa shape index (κ2) is 21.9. The Labute approximate surface area is 274 Å². The highest BCUT2D eigenvalue weighted by molar-refractivity contribution is 6.31. The minimum absolute atomic E-state index is 0.136. The molecule has 3 rings (SSSR count). The Kier molecular flexibility index (Phi) is 17.4. The van der Waals surface area contributed by atoms with Crippen molar-refractivity contribution in [3.05, 3.63) is 47.5 Å². The van der Waals surface area contributed by atoms with Gasteiger partial charge in [0.15, 0.2) is 5.96 Å². The molecule has 6 N–H and O–H groups in total. The van der Waals surface area contributed by atoms with Gasteiger partial charge in [0.2, 0.25) is 0 Å². The summed E-state index contributed by atoms with van der Waals surface area (Å²) >= 11 is 6.24. The van der Waals surface area contributed by atoms with Crippen LogP contribution in [0.25, 0.3) is 22.2 Å². The standard InChI is InChI=1S/C31H44ClN7O7/c1-2-10-41-13-14-42-11-8-35-31(40)36-9-12-43-15-16-44-17-18-45-19-20-46-25-5-3-4-23(21-25)28-26-22-24(32)6-7-27(26)37-30(38-28)39-29(33)34/h3-7,21-22H,2,8-20H2,1H3,(H2,35,36,40)(H4,33,34,37,38,39). The molecule has 0 unspecified atom stereocenters. The lowest BCUT2D eigenvalue weighted by atomic mass is 10.1. The van der Waals surface area contributed by atoms with Crippen molar-refractivity contribution in [2.24, 2.45) is 16.5 Å². The van der Waals surface area contributed by atoms with E-state index in [2.05, 4.69) is 32.5 Å². The number of nitrogens with two attached hydrogens (primary N) is 2.